The third kappa shape index (κ3) is 3.68. The van der Waals surface area contributed by atoms with Gasteiger partial charge < -0.3 is 19.4 Å². The van der Waals surface area contributed by atoms with Gasteiger partial charge in [-0.25, -0.2) is 9.37 Å². The van der Waals surface area contributed by atoms with Crippen molar-refractivity contribution in [3.05, 3.63) is 86.9 Å². The highest BCUT2D eigenvalue weighted by Crippen LogP contribution is 2.55. The molecule has 4 aromatic rings. The van der Waals surface area contributed by atoms with Gasteiger partial charge in [-0.2, -0.15) is 0 Å². The molecule has 0 fully saturated rings. The lowest BCUT2D eigenvalue weighted by Crippen LogP contribution is -2.51. The molecule has 8 nitrogen and oxygen atoms in total. The van der Waals surface area contributed by atoms with Crippen molar-refractivity contribution in [2.45, 2.75) is 32.4 Å². The van der Waals surface area contributed by atoms with E-state index >= 15 is 4.39 Å². The van der Waals surface area contributed by atoms with Gasteiger partial charge in [0.25, 0.3) is 11.8 Å². The molecule has 0 aliphatic carbocycles. The molecule has 1 unspecified atom stereocenters. The number of aryl methyl sites for hydroxylation is 1. The first-order chi connectivity index (χ1) is 19.5. The molecule has 2 aliphatic heterocycles. The molecule has 1 atom stereocenters. The number of nitrogens with one attached hydrogen (secondary N) is 1. The van der Waals surface area contributed by atoms with E-state index in [1.165, 1.54) is 31.3 Å². The summed E-state index contributed by atoms with van der Waals surface area (Å²) in [7, 11) is 2.81. The van der Waals surface area contributed by atoms with Gasteiger partial charge >= 0.3 is 0 Å². The third-order valence-corrected chi connectivity index (χ3v) is 8.06. The van der Waals surface area contributed by atoms with Crippen LogP contribution in [0.15, 0.2) is 48.5 Å². The number of nitrogens with zero attached hydrogens (tertiary/aromatic N) is 3. The highest BCUT2D eigenvalue weighted by atomic mass is 35.5. The summed E-state index contributed by atoms with van der Waals surface area (Å²) in [4.78, 5) is 35.0. The molecule has 0 bridgehead atoms. The SMILES string of the molecule is COc1cc(OC)c(-c2nc3c(n2C(C)C)C2(C(=O)Nc4cc(Cl)ccc42)N(c2cc(Cl)ccc2C)C3=O)cc1F. The first kappa shape index (κ1) is 27.1. The van der Waals surface area contributed by atoms with Crippen molar-refractivity contribution in [1.82, 2.24) is 9.55 Å². The van der Waals surface area contributed by atoms with E-state index in [0.29, 0.717) is 44.0 Å². The van der Waals surface area contributed by atoms with Crippen molar-refractivity contribution >= 4 is 46.4 Å². The Morgan fingerprint density at radius 3 is 2.34 bits per heavy atom. The molecule has 210 valence electrons. The summed E-state index contributed by atoms with van der Waals surface area (Å²) in [6, 6.07) is 12.6. The highest BCUT2D eigenvalue weighted by Gasteiger charge is 2.64. The normalized spacial score (nSPS) is 17.3. The van der Waals surface area contributed by atoms with Crippen molar-refractivity contribution in [1.29, 1.82) is 0 Å². The Bertz CT molecular complexity index is 1790. The molecule has 2 amide bonds. The lowest BCUT2D eigenvalue weighted by atomic mass is 9.86. The number of hydrogen-bond acceptors (Lipinski definition) is 5. The quantitative estimate of drug-likeness (QED) is 0.276. The maximum atomic E-state index is 15.0. The molecule has 0 radical (unpaired) electrons. The number of anilines is 2. The van der Waals surface area contributed by atoms with Crippen LogP contribution in [0.2, 0.25) is 10.0 Å². The number of halogens is 3. The van der Waals surface area contributed by atoms with E-state index in [2.05, 4.69) is 5.32 Å². The van der Waals surface area contributed by atoms with Gasteiger partial charge in [0.15, 0.2) is 22.8 Å². The highest BCUT2D eigenvalue weighted by molar-refractivity contribution is 6.32. The van der Waals surface area contributed by atoms with Gasteiger partial charge in [-0.1, -0.05) is 35.3 Å². The molecular formula is C30H25Cl2FN4O4. The standard InChI is InChI=1S/C30H25Cl2FN4O4/c1-14(2)36-26-25(35-27(36)18-12-20(33)24(41-5)13-23(18)40-4)28(38)37(22-11-17(32)7-6-15(22)3)30(26)19-9-8-16(31)10-21(19)34-29(30)39/h6-14H,1-5H3,(H,34,39). The predicted molar refractivity (Wildman–Crippen MR) is 155 cm³/mol. The fraction of sp³-hybridized carbons (Fsp3) is 0.233. The van der Waals surface area contributed by atoms with E-state index in [0.717, 1.165) is 5.56 Å². The van der Waals surface area contributed by atoms with Crippen LogP contribution in [0, 0.1) is 12.7 Å². The molecule has 2 aliphatic rings. The van der Waals surface area contributed by atoms with E-state index in [4.69, 9.17) is 37.7 Å². The van der Waals surface area contributed by atoms with Gasteiger partial charge in [0.1, 0.15) is 11.6 Å². The van der Waals surface area contributed by atoms with Crippen LogP contribution in [0.25, 0.3) is 11.4 Å². The van der Waals surface area contributed by atoms with Crippen molar-refractivity contribution in [2.24, 2.45) is 0 Å². The Labute approximate surface area is 245 Å². The topological polar surface area (TPSA) is 85.7 Å². The minimum atomic E-state index is -1.66. The fourth-order valence-corrected chi connectivity index (χ4v) is 6.20. The Hall–Kier alpha value is -4.08. The molecular weight excluding hydrogens is 570 g/mol. The number of imidazole rings is 1. The zero-order valence-corrected chi connectivity index (χ0v) is 24.3. The molecule has 1 spiro atoms. The first-order valence-corrected chi connectivity index (χ1v) is 13.6. The lowest BCUT2D eigenvalue weighted by molar-refractivity contribution is -0.119. The number of fused-ring (bicyclic) bond motifs is 4. The minimum Gasteiger partial charge on any atom is -0.496 e. The van der Waals surface area contributed by atoms with E-state index in [1.54, 1.807) is 41.0 Å². The maximum Gasteiger partial charge on any atom is 0.280 e. The molecule has 0 saturated carbocycles. The molecule has 41 heavy (non-hydrogen) atoms. The van der Waals surface area contributed by atoms with Crippen LogP contribution in [0.3, 0.4) is 0 Å². The molecule has 3 aromatic carbocycles. The second-order valence-corrected chi connectivity index (χ2v) is 11.1. The number of ether oxygens (including phenoxy) is 2. The van der Waals surface area contributed by atoms with E-state index in [1.807, 2.05) is 20.8 Å². The average molecular weight is 595 g/mol. The number of aromatic nitrogens is 2. The maximum absolute atomic E-state index is 15.0. The summed E-state index contributed by atoms with van der Waals surface area (Å²) in [5, 5.41) is 3.76. The summed E-state index contributed by atoms with van der Waals surface area (Å²) < 4.78 is 27.6. The minimum absolute atomic E-state index is 0.00285. The largest absolute Gasteiger partial charge is 0.496 e. The molecule has 11 heteroatoms. The summed E-state index contributed by atoms with van der Waals surface area (Å²) in [6.45, 7) is 5.64. The first-order valence-electron chi connectivity index (χ1n) is 12.8. The molecule has 3 heterocycles. The van der Waals surface area contributed by atoms with Gasteiger partial charge in [0, 0.05) is 33.4 Å². The van der Waals surface area contributed by atoms with Crippen LogP contribution >= 0.6 is 23.2 Å². The predicted octanol–water partition coefficient (Wildman–Crippen LogP) is 6.76. The van der Waals surface area contributed by atoms with Crippen LogP contribution < -0.4 is 19.7 Å². The molecule has 1 aromatic heterocycles. The molecule has 1 N–H and O–H groups in total. The summed E-state index contributed by atoms with van der Waals surface area (Å²) in [6.07, 6.45) is 0. The zero-order valence-electron chi connectivity index (χ0n) is 22.8. The number of methoxy groups -OCH3 is 2. The van der Waals surface area contributed by atoms with Crippen molar-refractivity contribution in [2.75, 3.05) is 24.4 Å². The zero-order chi connectivity index (χ0) is 29.4. The fourth-order valence-electron chi connectivity index (χ4n) is 5.86. The van der Waals surface area contributed by atoms with Crippen LogP contribution in [0.4, 0.5) is 15.8 Å². The van der Waals surface area contributed by atoms with Crippen molar-refractivity contribution < 1.29 is 23.5 Å². The van der Waals surface area contributed by atoms with Crippen LogP contribution in [0.1, 0.15) is 47.2 Å². The molecule has 6 rings (SSSR count). The number of rotatable bonds is 5. The summed E-state index contributed by atoms with van der Waals surface area (Å²) in [5.41, 5.74) is 1.25. The molecule has 0 saturated heterocycles. The smallest absolute Gasteiger partial charge is 0.280 e. The lowest BCUT2D eigenvalue weighted by Gasteiger charge is -2.36. The second-order valence-electron chi connectivity index (χ2n) is 10.2. The van der Waals surface area contributed by atoms with Crippen molar-refractivity contribution in [3.8, 4) is 22.9 Å². The van der Waals surface area contributed by atoms with Gasteiger partial charge in [0.05, 0.1) is 31.2 Å². The number of hydrogen-bond donors (Lipinski definition) is 1. The Morgan fingerprint density at radius 1 is 0.976 bits per heavy atom. The Balaban J connectivity index is 1.74. The van der Waals surface area contributed by atoms with Crippen LogP contribution in [0.5, 0.6) is 11.5 Å². The second kappa shape index (κ2) is 9.49. The number of carbonyl (C=O) groups is 2. The Morgan fingerprint density at radius 2 is 1.66 bits per heavy atom. The number of amides is 2. The summed E-state index contributed by atoms with van der Waals surface area (Å²) in [5.74, 6) is -1.02. The number of benzene rings is 3. The van der Waals surface area contributed by atoms with Gasteiger partial charge in [0.2, 0.25) is 0 Å². The Kier molecular flexibility index (Phi) is 6.28. The van der Waals surface area contributed by atoms with Crippen LogP contribution in [-0.2, 0) is 10.3 Å². The number of carbonyl (C=O) groups excluding carboxylic acids is 2. The van der Waals surface area contributed by atoms with Gasteiger partial charge in [-0.05, 0) is 56.7 Å². The monoisotopic (exact) mass is 594 g/mol. The average Bonchev–Trinajstić information content (AvgIpc) is 3.54. The van der Waals surface area contributed by atoms with E-state index < -0.39 is 23.2 Å². The van der Waals surface area contributed by atoms with Crippen LogP contribution in [-0.4, -0.2) is 35.6 Å². The van der Waals surface area contributed by atoms with Gasteiger partial charge in [-0.3, -0.25) is 14.5 Å². The van der Waals surface area contributed by atoms with E-state index in [-0.39, 0.29) is 23.3 Å². The van der Waals surface area contributed by atoms with Crippen molar-refractivity contribution in [3.63, 3.8) is 0 Å². The van der Waals surface area contributed by atoms with E-state index in [9.17, 15) is 9.59 Å². The van der Waals surface area contributed by atoms with Gasteiger partial charge in [-0.15, -0.1) is 0 Å². The third-order valence-electron chi connectivity index (χ3n) is 7.59. The summed E-state index contributed by atoms with van der Waals surface area (Å²) >= 11 is 12.7.